The first-order valence-corrected chi connectivity index (χ1v) is 10.2. The number of nitrogens with one attached hydrogen (secondary N) is 1. The molecule has 3 aromatic rings. The van der Waals surface area contributed by atoms with Crippen molar-refractivity contribution in [2.75, 3.05) is 11.1 Å². The zero-order valence-electron chi connectivity index (χ0n) is 15.1. The van der Waals surface area contributed by atoms with Gasteiger partial charge in [0.25, 0.3) is 0 Å². The first kappa shape index (κ1) is 18.5. The van der Waals surface area contributed by atoms with Crippen LogP contribution in [0.4, 0.5) is 5.69 Å². The molecule has 0 atom stereocenters. The molecular weight excluding hydrogens is 342 g/mol. The Bertz CT molecular complexity index is 845. The number of anilines is 1. The molecule has 0 saturated heterocycles. The van der Waals surface area contributed by atoms with Crippen molar-refractivity contribution in [3.63, 3.8) is 0 Å². The average Bonchev–Trinajstić information content (AvgIpc) is 3.02. The summed E-state index contributed by atoms with van der Waals surface area (Å²) >= 11 is 1.50. The number of aryl methyl sites for hydroxylation is 1. The van der Waals surface area contributed by atoms with Crippen LogP contribution in [0.25, 0.3) is 11.0 Å². The van der Waals surface area contributed by atoms with Crippen LogP contribution in [0, 0.1) is 0 Å². The minimum absolute atomic E-state index is 0.00853. The van der Waals surface area contributed by atoms with Gasteiger partial charge in [-0.1, -0.05) is 68.3 Å². The SMILES string of the molecule is CCCCCCn1c(SCC(=O)Nc2ccccc2)nc2ccccc21. The van der Waals surface area contributed by atoms with Crippen molar-refractivity contribution in [2.24, 2.45) is 0 Å². The highest BCUT2D eigenvalue weighted by atomic mass is 32.2. The third-order valence-electron chi connectivity index (χ3n) is 4.24. The molecule has 0 aliphatic carbocycles. The Morgan fingerprint density at radius 3 is 2.62 bits per heavy atom. The summed E-state index contributed by atoms with van der Waals surface area (Å²) in [5, 5.41) is 3.85. The van der Waals surface area contributed by atoms with Crippen LogP contribution in [-0.4, -0.2) is 21.2 Å². The van der Waals surface area contributed by atoms with Gasteiger partial charge in [-0.05, 0) is 30.7 Å². The molecular formula is C21H25N3OS. The Labute approximate surface area is 159 Å². The topological polar surface area (TPSA) is 46.9 Å². The fraction of sp³-hybridized carbons (Fsp3) is 0.333. The van der Waals surface area contributed by atoms with Gasteiger partial charge in [0.15, 0.2) is 5.16 Å². The summed E-state index contributed by atoms with van der Waals surface area (Å²) in [6.45, 7) is 3.17. The number of para-hydroxylation sites is 3. The second kappa shape index (κ2) is 9.43. The van der Waals surface area contributed by atoms with Crippen molar-refractivity contribution in [1.82, 2.24) is 9.55 Å². The van der Waals surface area contributed by atoms with Gasteiger partial charge < -0.3 is 9.88 Å². The summed E-state index contributed by atoms with van der Waals surface area (Å²) in [5.41, 5.74) is 2.97. The number of carbonyl (C=O) groups excluding carboxylic acids is 1. The molecule has 1 amide bonds. The predicted molar refractivity (Wildman–Crippen MR) is 110 cm³/mol. The fourth-order valence-electron chi connectivity index (χ4n) is 2.93. The van der Waals surface area contributed by atoms with Crippen molar-refractivity contribution < 1.29 is 4.79 Å². The maximum atomic E-state index is 12.2. The molecule has 0 radical (unpaired) electrons. The lowest BCUT2D eigenvalue weighted by molar-refractivity contribution is -0.113. The lowest BCUT2D eigenvalue weighted by Gasteiger charge is -2.09. The number of amides is 1. The van der Waals surface area contributed by atoms with E-state index in [1.54, 1.807) is 0 Å². The Morgan fingerprint density at radius 2 is 1.81 bits per heavy atom. The average molecular weight is 368 g/mol. The number of thioether (sulfide) groups is 1. The van der Waals surface area contributed by atoms with E-state index in [0.29, 0.717) is 5.75 Å². The first-order valence-electron chi connectivity index (χ1n) is 9.21. The van der Waals surface area contributed by atoms with Gasteiger partial charge >= 0.3 is 0 Å². The molecule has 3 rings (SSSR count). The molecule has 1 heterocycles. The van der Waals surface area contributed by atoms with E-state index in [9.17, 15) is 4.79 Å². The number of rotatable bonds is 9. The quantitative estimate of drug-likeness (QED) is 0.410. The van der Waals surface area contributed by atoms with Crippen LogP contribution in [-0.2, 0) is 11.3 Å². The lowest BCUT2D eigenvalue weighted by Crippen LogP contribution is -2.14. The molecule has 0 bridgehead atoms. The van der Waals surface area contributed by atoms with Gasteiger partial charge in [-0.2, -0.15) is 0 Å². The summed E-state index contributed by atoms with van der Waals surface area (Å²) in [5.74, 6) is 0.346. The summed E-state index contributed by atoms with van der Waals surface area (Å²) in [6, 6.07) is 17.7. The normalized spacial score (nSPS) is 11.0. The van der Waals surface area contributed by atoms with Crippen molar-refractivity contribution in [1.29, 1.82) is 0 Å². The molecule has 1 N–H and O–H groups in total. The molecule has 2 aromatic carbocycles. The van der Waals surface area contributed by atoms with Gasteiger partial charge in [0.2, 0.25) is 5.91 Å². The maximum Gasteiger partial charge on any atom is 0.234 e. The monoisotopic (exact) mass is 367 g/mol. The van der Waals surface area contributed by atoms with Crippen LogP contribution in [0.2, 0.25) is 0 Å². The van der Waals surface area contributed by atoms with Crippen molar-refractivity contribution in [3.05, 3.63) is 54.6 Å². The predicted octanol–water partition coefficient (Wildman–Crippen LogP) is 5.35. The number of aromatic nitrogens is 2. The Kier molecular flexibility index (Phi) is 6.72. The van der Waals surface area contributed by atoms with E-state index >= 15 is 0 Å². The second-order valence-electron chi connectivity index (χ2n) is 6.30. The maximum absolute atomic E-state index is 12.2. The molecule has 0 spiro atoms. The number of fused-ring (bicyclic) bond motifs is 1. The summed E-state index contributed by atoms with van der Waals surface area (Å²) in [4.78, 5) is 17.0. The third kappa shape index (κ3) is 4.88. The van der Waals surface area contributed by atoms with Gasteiger partial charge in [0, 0.05) is 12.2 Å². The van der Waals surface area contributed by atoms with E-state index in [0.717, 1.165) is 34.8 Å². The molecule has 0 aliphatic heterocycles. The molecule has 136 valence electrons. The Morgan fingerprint density at radius 1 is 1.04 bits per heavy atom. The highest BCUT2D eigenvalue weighted by molar-refractivity contribution is 7.99. The number of benzene rings is 2. The lowest BCUT2D eigenvalue weighted by atomic mass is 10.2. The second-order valence-corrected chi connectivity index (χ2v) is 7.24. The van der Waals surface area contributed by atoms with E-state index < -0.39 is 0 Å². The van der Waals surface area contributed by atoms with Crippen LogP contribution >= 0.6 is 11.8 Å². The largest absolute Gasteiger partial charge is 0.325 e. The minimum Gasteiger partial charge on any atom is -0.325 e. The first-order chi connectivity index (χ1) is 12.8. The summed E-state index contributed by atoms with van der Waals surface area (Å²) in [6.07, 6.45) is 4.85. The zero-order chi connectivity index (χ0) is 18.2. The molecule has 0 fully saturated rings. The summed E-state index contributed by atoms with van der Waals surface area (Å²) < 4.78 is 2.26. The minimum atomic E-state index is -0.00853. The van der Waals surface area contributed by atoms with Gasteiger partial charge in [0.05, 0.1) is 16.8 Å². The number of hydrogen-bond acceptors (Lipinski definition) is 3. The highest BCUT2D eigenvalue weighted by Crippen LogP contribution is 2.25. The zero-order valence-corrected chi connectivity index (χ0v) is 16.0. The Balaban J connectivity index is 1.67. The van der Waals surface area contributed by atoms with Crippen LogP contribution in [0.1, 0.15) is 32.6 Å². The van der Waals surface area contributed by atoms with E-state index in [2.05, 4.69) is 22.9 Å². The van der Waals surface area contributed by atoms with Crippen LogP contribution in [0.3, 0.4) is 0 Å². The molecule has 1 aromatic heterocycles. The smallest absolute Gasteiger partial charge is 0.234 e. The summed E-state index contributed by atoms with van der Waals surface area (Å²) in [7, 11) is 0. The van der Waals surface area contributed by atoms with E-state index in [1.165, 1.54) is 31.0 Å². The van der Waals surface area contributed by atoms with Crippen molar-refractivity contribution in [2.45, 2.75) is 44.3 Å². The Hall–Kier alpha value is -2.27. The van der Waals surface area contributed by atoms with Crippen molar-refractivity contribution in [3.8, 4) is 0 Å². The van der Waals surface area contributed by atoms with E-state index in [4.69, 9.17) is 4.98 Å². The number of imidazole rings is 1. The van der Waals surface area contributed by atoms with Gasteiger partial charge in [-0.15, -0.1) is 0 Å². The third-order valence-corrected chi connectivity index (χ3v) is 5.22. The number of hydrogen-bond donors (Lipinski definition) is 1. The van der Waals surface area contributed by atoms with Crippen LogP contribution in [0.15, 0.2) is 59.8 Å². The number of unbranched alkanes of at least 4 members (excludes halogenated alkanes) is 3. The molecule has 26 heavy (non-hydrogen) atoms. The molecule has 5 heteroatoms. The van der Waals surface area contributed by atoms with E-state index in [1.807, 2.05) is 48.5 Å². The van der Waals surface area contributed by atoms with E-state index in [-0.39, 0.29) is 5.91 Å². The highest BCUT2D eigenvalue weighted by Gasteiger charge is 2.12. The van der Waals surface area contributed by atoms with Crippen LogP contribution in [0.5, 0.6) is 0 Å². The molecule has 4 nitrogen and oxygen atoms in total. The standard InChI is InChI=1S/C21H25N3OS/c1-2-3-4-10-15-24-19-14-9-8-13-18(19)23-21(24)26-16-20(25)22-17-11-6-5-7-12-17/h5-9,11-14H,2-4,10,15-16H2,1H3,(H,22,25). The number of carbonyl (C=O) groups is 1. The van der Waals surface area contributed by atoms with Gasteiger partial charge in [-0.25, -0.2) is 4.98 Å². The fourth-order valence-corrected chi connectivity index (χ4v) is 3.77. The van der Waals surface area contributed by atoms with Gasteiger partial charge in [-0.3, -0.25) is 4.79 Å². The van der Waals surface area contributed by atoms with Crippen LogP contribution < -0.4 is 5.32 Å². The molecule has 0 unspecified atom stereocenters. The molecule has 0 aliphatic rings. The van der Waals surface area contributed by atoms with Crippen molar-refractivity contribution >= 4 is 34.4 Å². The number of nitrogens with zero attached hydrogens (tertiary/aromatic N) is 2. The van der Waals surface area contributed by atoms with Gasteiger partial charge in [0.1, 0.15) is 0 Å². The molecule has 0 saturated carbocycles.